The van der Waals surface area contributed by atoms with Crippen LogP contribution in [0.3, 0.4) is 0 Å². The summed E-state index contributed by atoms with van der Waals surface area (Å²) in [4.78, 5) is 27.3. The number of rotatable bonds is 5. The lowest BCUT2D eigenvalue weighted by atomic mass is 9.46. The van der Waals surface area contributed by atoms with Crippen molar-refractivity contribution in [1.82, 2.24) is 10.2 Å². The highest BCUT2D eigenvalue weighted by atomic mass is 35.5. The van der Waals surface area contributed by atoms with Crippen molar-refractivity contribution in [2.75, 3.05) is 0 Å². The second-order valence-electron chi connectivity index (χ2n) is 13.8. The number of carboxylic acid groups (broad SMARTS) is 1. The Balaban J connectivity index is 1.53. The van der Waals surface area contributed by atoms with Crippen LogP contribution in [0.5, 0.6) is 0 Å². The largest absolute Gasteiger partial charge is 0.481 e. The second-order valence-corrected chi connectivity index (χ2v) is 14.2. The minimum absolute atomic E-state index is 0.0496. The molecule has 5 rings (SSSR count). The van der Waals surface area contributed by atoms with Crippen LogP contribution in [0.1, 0.15) is 91.2 Å². The van der Waals surface area contributed by atoms with E-state index >= 15 is 0 Å². The summed E-state index contributed by atoms with van der Waals surface area (Å²) in [6.07, 6.45) is 8.20. The number of fused-ring (bicyclic) bond motifs is 2. The Hall–Kier alpha value is -2.01. The number of nitrogens with zero attached hydrogens (tertiary/aromatic N) is 1. The Morgan fingerprint density at radius 1 is 1.22 bits per heavy atom. The quantitative estimate of drug-likeness (QED) is 0.440. The van der Waals surface area contributed by atoms with Gasteiger partial charge in [-0.2, -0.15) is 0 Å². The summed E-state index contributed by atoms with van der Waals surface area (Å²) in [5.41, 5.74) is 2.82. The smallest absolute Gasteiger partial charge is 0.322 e. The molecular weight excluding hydrogens is 472 g/mol. The summed E-state index contributed by atoms with van der Waals surface area (Å²) in [6, 6.07) is 6.27. The van der Waals surface area contributed by atoms with Crippen LogP contribution in [0.25, 0.3) is 0 Å². The molecule has 0 saturated heterocycles. The molecule has 0 radical (unpaired) electrons. The van der Waals surface area contributed by atoms with Gasteiger partial charge in [-0.3, -0.25) is 9.69 Å². The first kappa shape index (κ1) is 25.6. The molecular formula is C30H41ClN2O3. The van der Waals surface area contributed by atoms with Crippen LogP contribution < -0.4 is 5.32 Å². The number of hydrogen-bond acceptors (Lipinski definition) is 2. The fraction of sp³-hybridized carbons (Fsp3) is 0.667. The molecule has 0 spiro atoms. The maximum atomic E-state index is 13.7. The minimum Gasteiger partial charge on any atom is -0.481 e. The summed E-state index contributed by atoms with van der Waals surface area (Å²) < 4.78 is 0. The van der Waals surface area contributed by atoms with Crippen LogP contribution in [-0.4, -0.2) is 27.5 Å². The first-order valence-electron chi connectivity index (χ1n) is 13.6. The average molecular weight is 513 g/mol. The van der Waals surface area contributed by atoms with E-state index in [0.717, 1.165) is 54.7 Å². The molecule has 196 valence electrons. The number of amides is 2. The molecule has 6 heteroatoms. The van der Waals surface area contributed by atoms with Gasteiger partial charge in [0.15, 0.2) is 0 Å². The third-order valence-electron chi connectivity index (χ3n) is 10.2. The van der Waals surface area contributed by atoms with E-state index in [2.05, 4.69) is 71.3 Å². The Bertz CT molecular complexity index is 1140. The van der Waals surface area contributed by atoms with Gasteiger partial charge in [-0.15, -0.1) is 0 Å². The number of carboxylic acids is 1. The molecule has 5 atom stereocenters. The van der Waals surface area contributed by atoms with E-state index in [4.69, 9.17) is 11.6 Å². The normalized spacial score (nSPS) is 35.0. The molecule has 1 aromatic carbocycles. The lowest BCUT2D eigenvalue weighted by Gasteiger charge is -2.67. The van der Waals surface area contributed by atoms with Gasteiger partial charge >= 0.3 is 12.0 Å². The standard InChI is InChI=1S/C30H41ClN2O3/c1-18-23-17-33(29-12-10-22(29)21(16-29)25(34)35)26(36)32-30(23,14-13-28(18,5)6)20-8-7-19(24(31)15-20)9-11-27(2,3)4/h7-8,15,17-18,21-22H,9-14,16H2,1-6H3,(H,32,36)(H,34,35)/t18?,21?,22?,29?,30-/m1/s1. The molecule has 4 unspecified atom stereocenters. The van der Waals surface area contributed by atoms with Gasteiger partial charge in [-0.25, -0.2) is 4.79 Å². The van der Waals surface area contributed by atoms with E-state index in [1.807, 2.05) is 4.90 Å². The predicted octanol–water partition coefficient (Wildman–Crippen LogP) is 7.13. The third kappa shape index (κ3) is 3.79. The summed E-state index contributed by atoms with van der Waals surface area (Å²) in [5, 5.41) is 13.8. The van der Waals surface area contributed by atoms with Gasteiger partial charge in [0.25, 0.3) is 0 Å². The van der Waals surface area contributed by atoms with Gasteiger partial charge in [-0.1, -0.05) is 65.3 Å². The van der Waals surface area contributed by atoms with Crippen LogP contribution in [0.2, 0.25) is 5.02 Å². The summed E-state index contributed by atoms with van der Waals surface area (Å²) in [5.74, 6) is -0.771. The zero-order valence-corrected chi connectivity index (χ0v) is 23.3. The number of urea groups is 1. The molecule has 2 amide bonds. The van der Waals surface area contributed by atoms with Crippen LogP contribution >= 0.6 is 11.6 Å². The highest BCUT2D eigenvalue weighted by Crippen LogP contribution is 2.63. The Kier molecular flexibility index (Phi) is 5.87. The molecule has 1 aromatic rings. The number of carbonyl (C=O) groups excluding carboxylic acids is 1. The maximum Gasteiger partial charge on any atom is 0.322 e. The van der Waals surface area contributed by atoms with Gasteiger partial charge in [0.05, 0.1) is 17.0 Å². The topological polar surface area (TPSA) is 69.6 Å². The van der Waals surface area contributed by atoms with Crippen LogP contribution in [0.15, 0.2) is 30.0 Å². The summed E-state index contributed by atoms with van der Waals surface area (Å²) in [6.45, 7) is 13.6. The minimum atomic E-state index is -0.733. The van der Waals surface area contributed by atoms with Crippen molar-refractivity contribution in [3.8, 4) is 0 Å². The van der Waals surface area contributed by atoms with Crippen LogP contribution in [-0.2, 0) is 16.8 Å². The van der Waals surface area contributed by atoms with Gasteiger partial charge in [0, 0.05) is 11.2 Å². The van der Waals surface area contributed by atoms with Crippen molar-refractivity contribution in [2.45, 2.75) is 97.6 Å². The first-order chi connectivity index (χ1) is 16.7. The van der Waals surface area contributed by atoms with Crippen molar-refractivity contribution in [2.24, 2.45) is 28.6 Å². The van der Waals surface area contributed by atoms with E-state index in [1.165, 1.54) is 5.57 Å². The zero-order chi connectivity index (χ0) is 26.3. The van der Waals surface area contributed by atoms with Crippen molar-refractivity contribution in [3.63, 3.8) is 0 Å². The third-order valence-corrected chi connectivity index (χ3v) is 10.6. The lowest BCUT2D eigenvalue weighted by molar-refractivity contribution is -0.176. The second kappa shape index (κ2) is 8.24. The average Bonchev–Trinajstić information content (AvgIpc) is 2.77. The van der Waals surface area contributed by atoms with Gasteiger partial charge in [0.2, 0.25) is 0 Å². The molecule has 3 fully saturated rings. The van der Waals surface area contributed by atoms with Crippen molar-refractivity contribution in [3.05, 3.63) is 46.1 Å². The molecule has 1 aliphatic heterocycles. The van der Waals surface area contributed by atoms with Gasteiger partial charge in [-0.05, 0) is 90.4 Å². The number of nitrogens with one attached hydrogen (secondary N) is 1. The lowest BCUT2D eigenvalue weighted by Crippen LogP contribution is -2.74. The number of aryl methyl sites for hydroxylation is 1. The first-order valence-corrected chi connectivity index (χ1v) is 13.9. The molecule has 4 aliphatic rings. The van der Waals surface area contributed by atoms with E-state index in [0.29, 0.717) is 6.42 Å². The van der Waals surface area contributed by atoms with E-state index in [-0.39, 0.29) is 40.2 Å². The molecule has 0 aromatic heterocycles. The Morgan fingerprint density at radius 2 is 1.94 bits per heavy atom. The van der Waals surface area contributed by atoms with Gasteiger partial charge < -0.3 is 10.4 Å². The van der Waals surface area contributed by atoms with E-state index in [9.17, 15) is 14.7 Å². The molecule has 3 saturated carbocycles. The summed E-state index contributed by atoms with van der Waals surface area (Å²) >= 11 is 6.84. The number of halogens is 1. The van der Waals surface area contributed by atoms with Crippen LogP contribution in [0.4, 0.5) is 4.79 Å². The Morgan fingerprint density at radius 3 is 2.50 bits per heavy atom. The highest BCUT2D eigenvalue weighted by Gasteiger charge is 2.67. The monoisotopic (exact) mass is 512 g/mol. The molecule has 1 heterocycles. The summed E-state index contributed by atoms with van der Waals surface area (Å²) in [7, 11) is 0. The molecule has 5 nitrogen and oxygen atoms in total. The maximum absolute atomic E-state index is 13.7. The highest BCUT2D eigenvalue weighted by molar-refractivity contribution is 6.31. The predicted molar refractivity (Wildman–Crippen MR) is 143 cm³/mol. The fourth-order valence-corrected chi connectivity index (χ4v) is 7.47. The Labute approximate surface area is 220 Å². The molecule has 36 heavy (non-hydrogen) atoms. The zero-order valence-electron chi connectivity index (χ0n) is 22.6. The van der Waals surface area contributed by atoms with Crippen molar-refractivity contribution < 1.29 is 14.7 Å². The SMILES string of the molecule is CC1C2=CN(C34CCC3C(C(=O)O)C4)C(=O)N[C@@]2(c2ccc(CCC(C)(C)C)c(Cl)c2)CCC1(C)C. The number of carbonyl (C=O) groups is 2. The molecule has 3 aliphatic carbocycles. The van der Waals surface area contributed by atoms with E-state index < -0.39 is 11.5 Å². The van der Waals surface area contributed by atoms with E-state index in [1.54, 1.807) is 0 Å². The van der Waals surface area contributed by atoms with Crippen molar-refractivity contribution >= 4 is 23.6 Å². The molecule has 0 bridgehead atoms. The van der Waals surface area contributed by atoms with Crippen molar-refractivity contribution in [1.29, 1.82) is 0 Å². The van der Waals surface area contributed by atoms with Crippen LogP contribution in [0, 0.1) is 28.6 Å². The number of benzene rings is 1. The van der Waals surface area contributed by atoms with Gasteiger partial charge in [0.1, 0.15) is 0 Å². The molecule has 2 N–H and O–H groups in total. The number of aliphatic carboxylic acids is 1. The fourth-order valence-electron chi connectivity index (χ4n) is 7.19. The number of hydrogen-bond donors (Lipinski definition) is 2.